The number of aromatic amines is 1. The van der Waals surface area contributed by atoms with Gasteiger partial charge in [-0.05, 0) is 72.9 Å². The van der Waals surface area contributed by atoms with Crippen LogP contribution in [0.1, 0.15) is 17.7 Å². The number of likely N-dealkylation sites (tertiary alicyclic amines) is 1. The number of carbonyl (C=O) groups is 2. The van der Waals surface area contributed by atoms with Crippen LogP contribution in [0.3, 0.4) is 0 Å². The molecule has 1 aliphatic rings. The number of rotatable bonds is 8. The maximum Gasteiger partial charge on any atom is 0.247 e. The first-order valence-electron chi connectivity index (χ1n) is 12.2. The molecule has 5 rings (SSSR count). The highest BCUT2D eigenvalue weighted by Gasteiger charge is 2.39. The van der Waals surface area contributed by atoms with E-state index in [2.05, 4.69) is 27.4 Å². The van der Waals surface area contributed by atoms with E-state index < -0.39 is 6.04 Å². The number of nitrogens with one attached hydrogen (secondary N) is 2. The summed E-state index contributed by atoms with van der Waals surface area (Å²) < 4.78 is 18.8. The molecule has 3 aromatic carbocycles. The summed E-state index contributed by atoms with van der Waals surface area (Å²) in [6, 6.07) is 22.2. The summed E-state index contributed by atoms with van der Waals surface area (Å²) in [5.41, 5.74) is 2.50. The fourth-order valence-corrected chi connectivity index (χ4v) is 4.66. The Hall–Kier alpha value is -4.46. The van der Waals surface area contributed by atoms with Gasteiger partial charge in [0.2, 0.25) is 11.8 Å². The highest BCUT2D eigenvalue weighted by molar-refractivity contribution is 5.97. The van der Waals surface area contributed by atoms with Crippen LogP contribution in [-0.4, -0.2) is 39.3 Å². The number of aromatic nitrogens is 2. The van der Waals surface area contributed by atoms with Crippen LogP contribution in [-0.2, 0) is 22.4 Å². The van der Waals surface area contributed by atoms with E-state index in [1.54, 1.807) is 53.8 Å². The van der Waals surface area contributed by atoms with E-state index in [1.807, 2.05) is 18.2 Å². The molecule has 1 aromatic heterocycles. The summed E-state index contributed by atoms with van der Waals surface area (Å²) in [5.74, 6) is 0.587. The second-order valence-corrected chi connectivity index (χ2v) is 9.18. The van der Waals surface area contributed by atoms with E-state index in [4.69, 9.17) is 4.74 Å². The van der Waals surface area contributed by atoms with Gasteiger partial charge in [0.05, 0.1) is 12.7 Å². The maximum atomic E-state index is 13.3. The minimum atomic E-state index is -0.570. The second kappa shape index (κ2) is 11.1. The third-order valence-corrected chi connectivity index (χ3v) is 6.45. The Morgan fingerprint density at radius 3 is 2.38 bits per heavy atom. The van der Waals surface area contributed by atoms with Gasteiger partial charge in [0.1, 0.15) is 23.4 Å². The standard InChI is InChI=1S/C29H27FN4O3/c30-22-6-10-25(11-7-22)37-26-12-8-23(9-13-26)33-29(36)27-15-21(14-20-4-2-1-3-5-20)18-34(27)28(35)16-24-17-31-19-32-24/h1-13,17,19,21,27H,14-16,18H2,(H,31,32)(H,33,36)/t21-,27+/m1/s1. The lowest BCUT2D eigenvalue weighted by Gasteiger charge is -2.24. The molecule has 7 nitrogen and oxygen atoms in total. The summed E-state index contributed by atoms with van der Waals surface area (Å²) in [5, 5.41) is 2.95. The summed E-state index contributed by atoms with van der Waals surface area (Å²) in [7, 11) is 0. The lowest BCUT2D eigenvalue weighted by atomic mass is 9.96. The van der Waals surface area contributed by atoms with E-state index >= 15 is 0 Å². The number of ether oxygens (including phenoxy) is 1. The average molecular weight is 499 g/mol. The molecule has 0 saturated carbocycles. The van der Waals surface area contributed by atoms with Crippen LogP contribution >= 0.6 is 0 Å². The topological polar surface area (TPSA) is 87.3 Å². The lowest BCUT2D eigenvalue weighted by molar-refractivity contribution is -0.136. The summed E-state index contributed by atoms with van der Waals surface area (Å²) >= 11 is 0. The zero-order valence-electron chi connectivity index (χ0n) is 20.1. The molecule has 2 atom stereocenters. The number of hydrogen-bond acceptors (Lipinski definition) is 4. The van der Waals surface area contributed by atoms with E-state index in [1.165, 1.54) is 17.7 Å². The quantitative estimate of drug-likeness (QED) is 0.359. The number of imidazole rings is 1. The molecule has 2 heterocycles. The van der Waals surface area contributed by atoms with Crippen LogP contribution in [0.25, 0.3) is 0 Å². The predicted molar refractivity (Wildman–Crippen MR) is 138 cm³/mol. The van der Waals surface area contributed by atoms with Crippen molar-refractivity contribution in [1.29, 1.82) is 0 Å². The van der Waals surface area contributed by atoms with Gasteiger partial charge in [-0.2, -0.15) is 0 Å². The molecule has 0 unspecified atom stereocenters. The Morgan fingerprint density at radius 2 is 1.70 bits per heavy atom. The number of carbonyl (C=O) groups excluding carboxylic acids is 2. The van der Waals surface area contributed by atoms with Gasteiger partial charge in [-0.3, -0.25) is 9.59 Å². The van der Waals surface area contributed by atoms with E-state index in [9.17, 15) is 14.0 Å². The second-order valence-electron chi connectivity index (χ2n) is 9.18. The van der Waals surface area contributed by atoms with Gasteiger partial charge >= 0.3 is 0 Å². The maximum absolute atomic E-state index is 13.3. The third kappa shape index (κ3) is 6.22. The molecule has 4 aromatic rings. The summed E-state index contributed by atoms with van der Waals surface area (Å²) in [6.07, 6.45) is 4.71. The molecule has 0 spiro atoms. The number of anilines is 1. The van der Waals surface area contributed by atoms with Gasteiger partial charge in [-0.15, -0.1) is 0 Å². The smallest absolute Gasteiger partial charge is 0.247 e. The highest BCUT2D eigenvalue weighted by atomic mass is 19.1. The number of benzene rings is 3. The van der Waals surface area contributed by atoms with Gasteiger partial charge in [-0.1, -0.05) is 30.3 Å². The Kier molecular flexibility index (Phi) is 7.26. The van der Waals surface area contributed by atoms with E-state index in [0.717, 1.165) is 6.42 Å². The minimum absolute atomic E-state index is 0.108. The van der Waals surface area contributed by atoms with E-state index in [-0.39, 0.29) is 30.0 Å². The monoisotopic (exact) mass is 498 g/mol. The van der Waals surface area contributed by atoms with Crippen molar-refractivity contribution in [2.75, 3.05) is 11.9 Å². The van der Waals surface area contributed by atoms with Crippen LogP contribution in [0.15, 0.2) is 91.4 Å². The van der Waals surface area contributed by atoms with Crippen molar-refractivity contribution in [3.05, 3.63) is 108 Å². The fraction of sp³-hybridized carbons (Fsp3) is 0.207. The number of halogens is 1. The Balaban J connectivity index is 1.26. The number of H-pyrrole nitrogens is 1. The largest absolute Gasteiger partial charge is 0.457 e. The third-order valence-electron chi connectivity index (χ3n) is 6.45. The van der Waals surface area contributed by atoms with Crippen molar-refractivity contribution in [2.24, 2.45) is 5.92 Å². The molecule has 0 radical (unpaired) electrons. The first-order chi connectivity index (χ1) is 18.0. The van der Waals surface area contributed by atoms with Gasteiger partial charge in [0.15, 0.2) is 0 Å². The molecular formula is C29H27FN4O3. The van der Waals surface area contributed by atoms with Gasteiger partial charge < -0.3 is 19.9 Å². The lowest BCUT2D eigenvalue weighted by Crippen LogP contribution is -2.43. The van der Waals surface area contributed by atoms with Crippen LogP contribution < -0.4 is 10.1 Å². The minimum Gasteiger partial charge on any atom is -0.457 e. The van der Waals surface area contributed by atoms with Crippen molar-refractivity contribution in [1.82, 2.24) is 14.9 Å². The first kappa shape index (κ1) is 24.2. The van der Waals surface area contributed by atoms with Crippen molar-refractivity contribution < 1.29 is 18.7 Å². The predicted octanol–water partition coefficient (Wildman–Crippen LogP) is 4.98. The van der Waals surface area contributed by atoms with Gasteiger partial charge in [-0.25, -0.2) is 9.37 Å². The Labute approximate surface area is 214 Å². The molecule has 2 amide bonds. The molecule has 8 heteroatoms. The zero-order valence-corrected chi connectivity index (χ0v) is 20.1. The van der Waals surface area contributed by atoms with Crippen LogP contribution in [0.2, 0.25) is 0 Å². The molecule has 0 bridgehead atoms. The number of hydrogen-bond donors (Lipinski definition) is 2. The molecule has 2 N–H and O–H groups in total. The van der Waals surface area contributed by atoms with E-state index in [0.29, 0.717) is 35.8 Å². The molecule has 37 heavy (non-hydrogen) atoms. The zero-order chi connectivity index (χ0) is 25.6. The first-order valence-corrected chi connectivity index (χ1v) is 12.2. The Morgan fingerprint density at radius 1 is 1.00 bits per heavy atom. The molecule has 0 aliphatic carbocycles. The number of nitrogens with zero attached hydrogens (tertiary/aromatic N) is 2. The van der Waals surface area contributed by atoms with Gasteiger partial charge in [0, 0.05) is 24.1 Å². The average Bonchev–Trinajstić information content (AvgIpc) is 3.57. The van der Waals surface area contributed by atoms with Gasteiger partial charge in [0.25, 0.3) is 0 Å². The van der Waals surface area contributed by atoms with Crippen molar-refractivity contribution in [2.45, 2.75) is 25.3 Å². The van der Waals surface area contributed by atoms with Crippen molar-refractivity contribution in [3.63, 3.8) is 0 Å². The molecule has 1 aliphatic heterocycles. The van der Waals surface area contributed by atoms with Crippen molar-refractivity contribution in [3.8, 4) is 11.5 Å². The normalized spacial score (nSPS) is 16.9. The number of amides is 2. The van der Waals surface area contributed by atoms with Crippen LogP contribution in [0.4, 0.5) is 10.1 Å². The van der Waals surface area contributed by atoms with Crippen molar-refractivity contribution >= 4 is 17.5 Å². The summed E-state index contributed by atoms with van der Waals surface area (Å²) in [4.78, 5) is 35.2. The molecule has 188 valence electrons. The Bertz CT molecular complexity index is 1330. The molecule has 1 saturated heterocycles. The van der Waals surface area contributed by atoms with Crippen LogP contribution in [0, 0.1) is 11.7 Å². The van der Waals surface area contributed by atoms with Crippen LogP contribution in [0.5, 0.6) is 11.5 Å². The molecule has 1 fully saturated rings. The molecular weight excluding hydrogens is 471 g/mol. The fourth-order valence-electron chi connectivity index (χ4n) is 4.66. The highest BCUT2D eigenvalue weighted by Crippen LogP contribution is 2.29. The summed E-state index contributed by atoms with van der Waals surface area (Å²) in [6.45, 7) is 0.518. The SMILES string of the molecule is O=C(Nc1ccc(Oc2ccc(F)cc2)cc1)[C@@H]1C[C@@H](Cc2ccccc2)CN1C(=O)Cc1cnc[nH]1.